The second-order valence-corrected chi connectivity index (χ2v) is 2.97. The summed E-state index contributed by atoms with van der Waals surface area (Å²) < 4.78 is 6.84. The van der Waals surface area contributed by atoms with Gasteiger partial charge in [-0.15, -0.1) is 0 Å². The summed E-state index contributed by atoms with van der Waals surface area (Å²) in [6, 6.07) is 8.76. The Balaban J connectivity index is 2.73. The molecule has 1 aromatic carbocycles. The van der Waals surface area contributed by atoms with Crippen molar-refractivity contribution in [1.29, 1.82) is 0 Å². The van der Waals surface area contributed by atoms with Crippen LogP contribution in [0.3, 0.4) is 0 Å². The highest BCUT2D eigenvalue weighted by atomic mass is 16.4. The van der Waals surface area contributed by atoms with Gasteiger partial charge in [-0.1, -0.05) is 12.1 Å². The van der Waals surface area contributed by atoms with E-state index in [0.29, 0.717) is 11.4 Å². The van der Waals surface area contributed by atoms with E-state index < -0.39 is 0 Å². The van der Waals surface area contributed by atoms with Gasteiger partial charge >= 0.3 is 5.84 Å². The maximum absolute atomic E-state index is 11.5. The summed E-state index contributed by atoms with van der Waals surface area (Å²) in [5, 5.41) is 0. The Hall–Kier alpha value is -2.10. The van der Waals surface area contributed by atoms with E-state index in [1.165, 1.54) is 16.7 Å². The first-order valence-electron chi connectivity index (χ1n) is 4.21. The van der Waals surface area contributed by atoms with Gasteiger partial charge in [-0.25, -0.2) is 9.38 Å². The second-order valence-electron chi connectivity index (χ2n) is 2.97. The Morgan fingerprint density at radius 2 is 2.07 bits per heavy atom. The highest BCUT2D eigenvalue weighted by Crippen LogP contribution is 2.15. The van der Waals surface area contributed by atoms with Gasteiger partial charge in [0.1, 0.15) is 0 Å². The Labute approximate surface area is 78.4 Å². The van der Waals surface area contributed by atoms with Crippen LogP contribution in [0.2, 0.25) is 0 Å². The summed E-state index contributed by atoms with van der Waals surface area (Å²) in [6.45, 7) is 0. The largest absolute Gasteiger partial charge is 0.423 e. The number of aromatic nitrogens is 2. The lowest BCUT2D eigenvalue weighted by Gasteiger charge is -1.88. The minimum Gasteiger partial charge on any atom is -0.423 e. The zero-order valence-electron chi connectivity index (χ0n) is 7.18. The van der Waals surface area contributed by atoms with Crippen LogP contribution in [0.5, 0.6) is 0 Å². The molecule has 0 saturated heterocycles. The number of oxazole rings is 1. The van der Waals surface area contributed by atoms with E-state index in [4.69, 9.17) is 4.42 Å². The van der Waals surface area contributed by atoms with Crippen molar-refractivity contribution in [3.63, 3.8) is 0 Å². The molecule has 2 aromatic heterocycles. The van der Waals surface area contributed by atoms with Gasteiger partial charge in [0, 0.05) is 12.3 Å². The SMILES string of the molecule is O=c1ccnc2oc3ccccc3n12. The monoisotopic (exact) mass is 186 g/mol. The van der Waals surface area contributed by atoms with Gasteiger partial charge in [0.05, 0.1) is 5.52 Å². The molecule has 4 nitrogen and oxygen atoms in total. The number of para-hydroxylation sites is 2. The van der Waals surface area contributed by atoms with Crippen LogP contribution >= 0.6 is 0 Å². The summed E-state index contributed by atoms with van der Waals surface area (Å²) in [7, 11) is 0. The minimum atomic E-state index is -0.125. The van der Waals surface area contributed by atoms with E-state index in [1.54, 1.807) is 0 Å². The van der Waals surface area contributed by atoms with E-state index in [0.717, 1.165) is 5.52 Å². The quantitative estimate of drug-likeness (QED) is 0.533. The van der Waals surface area contributed by atoms with Crippen molar-refractivity contribution in [3.8, 4) is 0 Å². The number of fused-ring (bicyclic) bond motifs is 3. The Morgan fingerprint density at radius 1 is 1.21 bits per heavy atom. The molecule has 0 unspecified atom stereocenters. The predicted octanol–water partition coefficient (Wildman–Crippen LogP) is 1.44. The van der Waals surface area contributed by atoms with Gasteiger partial charge in [0.25, 0.3) is 5.56 Å². The zero-order chi connectivity index (χ0) is 9.54. The molecule has 14 heavy (non-hydrogen) atoms. The maximum atomic E-state index is 11.5. The van der Waals surface area contributed by atoms with E-state index in [9.17, 15) is 4.79 Å². The van der Waals surface area contributed by atoms with Crippen molar-refractivity contribution in [2.24, 2.45) is 0 Å². The topological polar surface area (TPSA) is 47.5 Å². The van der Waals surface area contributed by atoms with Crippen LogP contribution in [0.15, 0.2) is 45.7 Å². The third kappa shape index (κ3) is 0.821. The normalized spacial score (nSPS) is 11.1. The second kappa shape index (κ2) is 2.45. The van der Waals surface area contributed by atoms with E-state index in [-0.39, 0.29) is 5.56 Å². The maximum Gasteiger partial charge on any atom is 0.309 e. The van der Waals surface area contributed by atoms with Crippen molar-refractivity contribution >= 4 is 16.9 Å². The van der Waals surface area contributed by atoms with Crippen LogP contribution in [-0.2, 0) is 0 Å². The lowest BCUT2D eigenvalue weighted by molar-refractivity contribution is 0.634. The number of nitrogens with zero attached hydrogens (tertiary/aromatic N) is 2. The summed E-state index contributed by atoms with van der Waals surface area (Å²) in [4.78, 5) is 15.5. The van der Waals surface area contributed by atoms with E-state index >= 15 is 0 Å². The third-order valence-electron chi connectivity index (χ3n) is 2.12. The van der Waals surface area contributed by atoms with Crippen LogP contribution in [0.4, 0.5) is 0 Å². The van der Waals surface area contributed by atoms with Crippen molar-refractivity contribution in [2.45, 2.75) is 0 Å². The van der Waals surface area contributed by atoms with Crippen molar-refractivity contribution < 1.29 is 4.42 Å². The molecule has 0 N–H and O–H groups in total. The van der Waals surface area contributed by atoms with Gasteiger partial charge in [0.2, 0.25) is 0 Å². The molecule has 0 bridgehead atoms. The number of hydrogen-bond acceptors (Lipinski definition) is 3. The molecule has 4 heteroatoms. The molecule has 0 aliphatic carbocycles. The standard InChI is InChI=1S/C10H6N2O2/c13-9-5-6-11-10-12(9)7-3-1-2-4-8(7)14-10/h1-6H. The van der Waals surface area contributed by atoms with Crippen molar-refractivity contribution in [2.75, 3.05) is 0 Å². The van der Waals surface area contributed by atoms with Crippen LogP contribution in [0.1, 0.15) is 0 Å². The molecule has 0 spiro atoms. The average molecular weight is 186 g/mol. The van der Waals surface area contributed by atoms with E-state index in [1.807, 2.05) is 24.3 Å². The molecule has 3 aromatic rings. The van der Waals surface area contributed by atoms with Gasteiger partial charge in [-0.05, 0) is 12.1 Å². The number of hydrogen-bond donors (Lipinski definition) is 0. The first kappa shape index (κ1) is 7.32. The number of benzene rings is 1. The van der Waals surface area contributed by atoms with Crippen LogP contribution in [0, 0.1) is 0 Å². The fourth-order valence-corrected chi connectivity index (χ4v) is 1.51. The van der Waals surface area contributed by atoms with Crippen LogP contribution in [-0.4, -0.2) is 9.38 Å². The summed E-state index contributed by atoms with van der Waals surface area (Å²) >= 11 is 0. The molecule has 0 atom stereocenters. The number of rotatable bonds is 0. The summed E-state index contributed by atoms with van der Waals surface area (Å²) in [6.07, 6.45) is 1.44. The Kier molecular flexibility index (Phi) is 1.28. The molecular formula is C10H6N2O2. The molecule has 0 saturated carbocycles. The average Bonchev–Trinajstić information content (AvgIpc) is 2.57. The lowest BCUT2D eigenvalue weighted by Crippen LogP contribution is -2.10. The van der Waals surface area contributed by atoms with Gasteiger partial charge in [-0.2, -0.15) is 0 Å². The first-order valence-corrected chi connectivity index (χ1v) is 4.21. The fraction of sp³-hybridized carbons (Fsp3) is 0. The molecule has 0 fully saturated rings. The first-order chi connectivity index (χ1) is 6.86. The predicted molar refractivity (Wildman–Crippen MR) is 51.2 cm³/mol. The van der Waals surface area contributed by atoms with E-state index in [2.05, 4.69) is 4.98 Å². The van der Waals surface area contributed by atoms with Crippen LogP contribution < -0.4 is 5.56 Å². The van der Waals surface area contributed by atoms with Crippen LogP contribution in [0.25, 0.3) is 16.9 Å². The summed E-state index contributed by atoms with van der Waals surface area (Å²) in [5.41, 5.74) is 1.30. The highest BCUT2D eigenvalue weighted by Gasteiger charge is 2.06. The molecular weight excluding hydrogens is 180 g/mol. The summed E-state index contributed by atoms with van der Waals surface area (Å²) in [5.74, 6) is 0.332. The zero-order valence-corrected chi connectivity index (χ0v) is 7.18. The Morgan fingerprint density at radius 3 is 3.00 bits per heavy atom. The molecule has 2 heterocycles. The molecule has 3 rings (SSSR count). The molecule has 0 amide bonds. The Bertz CT molecular complexity index is 666. The lowest BCUT2D eigenvalue weighted by atomic mass is 10.3. The van der Waals surface area contributed by atoms with Gasteiger partial charge in [0.15, 0.2) is 5.58 Å². The molecule has 0 aliphatic heterocycles. The minimum absolute atomic E-state index is 0.125. The van der Waals surface area contributed by atoms with Crippen molar-refractivity contribution in [3.05, 3.63) is 46.9 Å². The molecule has 0 aliphatic rings. The fourth-order valence-electron chi connectivity index (χ4n) is 1.51. The third-order valence-corrected chi connectivity index (χ3v) is 2.12. The van der Waals surface area contributed by atoms with Gasteiger partial charge < -0.3 is 4.42 Å². The molecule has 68 valence electrons. The highest BCUT2D eigenvalue weighted by molar-refractivity contribution is 5.75. The molecule has 0 radical (unpaired) electrons. The van der Waals surface area contributed by atoms with Crippen molar-refractivity contribution in [1.82, 2.24) is 9.38 Å². The van der Waals surface area contributed by atoms with Gasteiger partial charge in [-0.3, -0.25) is 4.79 Å². The smallest absolute Gasteiger partial charge is 0.309 e.